The van der Waals surface area contributed by atoms with Gasteiger partial charge in [-0.05, 0) is 6.42 Å². The number of likely N-dealkylation sites (N-methyl/N-ethyl adjacent to an activating group) is 1. The summed E-state index contributed by atoms with van der Waals surface area (Å²) in [5.74, 6) is 0.0616. The minimum atomic E-state index is 0.0616. The summed E-state index contributed by atoms with van der Waals surface area (Å²) in [7, 11) is 1.81. The summed E-state index contributed by atoms with van der Waals surface area (Å²) in [6.45, 7) is 3.16. The van der Waals surface area contributed by atoms with E-state index in [-0.39, 0.29) is 12.5 Å². The number of hydrogen-bond donors (Lipinski definition) is 1. The molecule has 0 bridgehead atoms. The van der Waals surface area contributed by atoms with E-state index >= 15 is 0 Å². The van der Waals surface area contributed by atoms with Crippen LogP contribution < -0.4 is 5.73 Å². The Labute approximate surface area is 89.9 Å². The summed E-state index contributed by atoms with van der Waals surface area (Å²) in [6.07, 6.45) is 5.32. The molecule has 0 aliphatic carbocycles. The van der Waals surface area contributed by atoms with Gasteiger partial charge in [-0.2, -0.15) is 5.10 Å². The smallest absolute Gasteiger partial charge is 0.244 e. The van der Waals surface area contributed by atoms with Crippen molar-refractivity contribution in [3.8, 4) is 0 Å². The Balaban J connectivity index is 2.41. The van der Waals surface area contributed by atoms with E-state index in [1.165, 1.54) is 0 Å². The van der Waals surface area contributed by atoms with Crippen LogP contribution in [-0.2, 0) is 11.3 Å². The predicted molar refractivity (Wildman–Crippen MR) is 59.2 cm³/mol. The van der Waals surface area contributed by atoms with E-state index in [4.69, 9.17) is 5.73 Å². The molecule has 1 aromatic rings. The van der Waals surface area contributed by atoms with Crippen LogP contribution in [0.5, 0.6) is 0 Å². The number of nitrogens with two attached hydrogens (primary N) is 1. The number of nitrogens with zero attached hydrogens (tertiary/aromatic N) is 3. The first-order valence-electron chi connectivity index (χ1n) is 5.15. The molecule has 1 aromatic heterocycles. The van der Waals surface area contributed by atoms with Gasteiger partial charge < -0.3 is 10.6 Å². The zero-order chi connectivity index (χ0) is 11.3. The quantitative estimate of drug-likeness (QED) is 0.779. The topological polar surface area (TPSA) is 64.2 Å². The lowest BCUT2D eigenvalue weighted by Crippen LogP contribution is -2.31. The number of carbonyl (C=O) groups excluding carboxylic acids is 1. The second kappa shape index (κ2) is 5.38. The number of rotatable bonds is 5. The highest BCUT2D eigenvalue weighted by atomic mass is 16.2. The van der Waals surface area contributed by atoms with Gasteiger partial charge in [0.15, 0.2) is 0 Å². The lowest BCUT2D eigenvalue weighted by Gasteiger charge is -2.16. The predicted octanol–water partition coefficient (Wildman–Crippen LogP) is 0.724. The van der Waals surface area contributed by atoms with E-state index < -0.39 is 0 Å². The molecule has 5 heteroatoms. The molecular weight excluding hydrogens is 192 g/mol. The number of unbranched alkanes of at least 4 members (excludes halogenated alkanes) is 1. The van der Waals surface area contributed by atoms with Gasteiger partial charge in [0.05, 0.1) is 11.9 Å². The molecule has 0 aromatic carbocycles. The molecule has 2 N–H and O–H groups in total. The van der Waals surface area contributed by atoms with Crippen molar-refractivity contribution in [2.75, 3.05) is 19.3 Å². The van der Waals surface area contributed by atoms with Crippen molar-refractivity contribution in [1.29, 1.82) is 0 Å². The fourth-order valence-corrected chi connectivity index (χ4v) is 1.25. The van der Waals surface area contributed by atoms with Gasteiger partial charge in [-0.25, -0.2) is 0 Å². The standard InChI is InChI=1S/C10H18N4O/c1-3-4-5-13(2)10(15)8-14-7-9(11)6-12-14/h6-7H,3-5,8,11H2,1-2H3. The SMILES string of the molecule is CCCCN(C)C(=O)Cn1cc(N)cn1. The molecule has 1 heterocycles. The number of carbonyl (C=O) groups is 1. The molecule has 0 saturated heterocycles. The summed E-state index contributed by atoms with van der Waals surface area (Å²) in [5, 5.41) is 3.96. The number of hydrogen-bond acceptors (Lipinski definition) is 3. The third-order valence-electron chi connectivity index (χ3n) is 2.22. The molecule has 1 amide bonds. The van der Waals surface area contributed by atoms with Crippen LogP contribution in [0.15, 0.2) is 12.4 Å². The first-order valence-corrected chi connectivity index (χ1v) is 5.15. The van der Waals surface area contributed by atoms with Gasteiger partial charge in [0.25, 0.3) is 0 Å². The van der Waals surface area contributed by atoms with Crippen LogP contribution in [0.3, 0.4) is 0 Å². The average Bonchev–Trinajstić information content (AvgIpc) is 2.60. The van der Waals surface area contributed by atoms with Crippen LogP contribution in [0.25, 0.3) is 0 Å². The molecule has 1 rings (SSSR count). The molecule has 0 saturated carbocycles. The Hall–Kier alpha value is -1.52. The van der Waals surface area contributed by atoms with Gasteiger partial charge in [-0.1, -0.05) is 13.3 Å². The molecule has 5 nitrogen and oxygen atoms in total. The van der Waals surface area contributed by atoms with Gasteiger partial charge >= 0.3 is 0 Å². The number of nitrogen functional groups attached to an aromatic ring is 1. The van der Waals surface area contributed by atoms with Crippen molar-refractivity contribution in [3.63, 3.8) is 0 Å². The molecule has 0 aliphatic rings. The van der Waals surface area contributed by atoms with Gasteiger partial charge in [0, 0.05) is 19.8 Å². The van der Waals surface area contributed by atoms with Crippen molar-refractivity contribution >= 4 is 11.6 Å². The largest absolute Gasteiger partial charge is 0.396 e. The van der Waals surface area contributed by atoms with E-state index in [2.05, 4.69) is 12.0 Å². The van der Waals surface area contributed by atoms with Crippen LogP contribution in [-0.4, -0.2) is 34.2 Å². The fourth-order valence-electron chi connectivity index (χ4n) is 1.25. The second-order valence-electron chi connectivity index (χ2n) is 3.64. The van der Waals surface area contributed by atoms with E-state index in [1.54, 1.807) is 22.0 Å². The molecule has 0 spiro atoms. The van der Waals surface area contributed by atoms with Gasteiger partial charge in [-0.3, -0.25) is 9.48 Å². The van der Waals surface area contributed by atoms with Crippen LogP contribution in [0.2, 0.25) is 0 Å². The van der Waals surface area contributed by atoms with Crippen molar-refractivity contribution in [2.24, 2.45) is 0 Å². The summed E-state index contributed by atoms with van der Waals surface area (Å²) in [6, 6.07) is 0. The highest BCUT2D eigenvalue weighted by molar-refractivity contribution is 5.75. The minimum Gasteiger partial charge on any atom is -0.396 e. The van der Waals surface area contributed by atoms with Crippen molar-refractivity contribution in [2.45, 2.75) is 26.3 Å². The van der Waals surface area contributed by atoms with E-state index in [9.17, 15) is 4.79 Å². The van der Waals surface area contributed by atoms with Gasteiger partial charge in [-0.15, -0.1) is 0 Å². The van der Waals surface area contributed by atoms with Crippen molar-refractivity contribution < 1.29 is 4.79 Å². The highest BCUT2D eigenvalue weighted by Crippen LogP contribution is 1.99. The van der Waals surface area contributed by atoms with Gasteiger partial charge in [0.2, 0.25) is 5.91 Å². The maximum Gasteiger partial charge on any atom is 0.244 e. The Morgan fingerprint density at radius 2 is 2.40 bits per heavy atom. The third-order valence-corrected chi connectivity index (χ3v) is 2.22. The maximum absolute atomic E-state index is 11.7. The molecular formula is C10H18N4O. The Kier molecular flexibility index (Phi) is 4.15. The zero-order valence-corrected chi connectivity index (χ0v) is 9.31. The maximum atomic E-state index is 11.7. The van der Waals surface area contributed by atoms with E-state index in [1.807, 2.05) is 7.05 Å². The normalized spacial score (nSPS) is 10.3. The molecule has 0 radical (unpaired) electrons. The molecule has 0 fully saturated rings. The van der Waals surface area contributed by atoms with E-state index in [0.29, 0.717) is 5.69 Å². The van der Waals surface area contributed by atoms with Crippen LogP contribution in [0, 0.1) is 0 Å². The molecule has 0 unspecified atom stereocenters. The van der Waals surface area contributed by atoms with Crippen LogP contribution >= 0.6 is 0 Å². The monoisotopic (exact) mass is 210 g/mol. The Morgan fingerprint density at radius 3 is 2.93 bits per heavy atom. The first-order chi connectivity index (χ1) is 7.13. The first kappa shape index (κ1) is 11.6. The number of amides is 1. The van der Waals surface area contributed by atoms with Crippen molar-refractivity contribution in [3.05, 3.63) is 12.4 Å². The molecule has 15 heavy (non-hydrogen) atoms. The molecule has 84 valence electrons. The number of aromatic nitrogens is 2. The Morgan fingerprint density at radius 1 is 1.67 bits per heavy atom. The lowest BCUT2D eigenvalue weighted by atomic mass is 10.3. The summed E-state index contributed by atoms with van der Waals surface area (Å²) in [4.78, 5) is 13.4. The second-order valence-corrected chi connectivity index (χ2v) is 3.64. The summed E-state index contributed by atoms with van der Waals surface area (Å²) >= 11 is 0. The molecule has 0 aliphatic heterocycles. The van der Waals surface area contributed by atoms with E-state index in [0.717, 1.165) is 19.4 Å². The fraction of sp³-hybridized carbons (Fsp3) is 0.600. The average molecular weight is 210 g/mol. The third kappa shape index (κ3) is 3.61. The van der Waals surface area contributed by atoms with Crippen LogP contribution in [0.1, 0.15) is 19.8 Å². The summed E-state index contributed by atoms with van der Waals surface area (Å²) in [5.41, 5.74) is 6.08. The Bertz CT molecular complexity index is 321. The minimum absolute atomic E-state index is 0.0616. The van der Waals surface area contributed by atoms with Crippen LogP contribution in [0.4, 0.5) is 5.69 Å². The molecule has 0 atom stereocenters. The zero-order valence-electron chi connectivity index (χ0n) is 9.31. The highest BCUT2D eigenvalue weighted by Gasteiger charge is 2.08. The summed E-state index contributed by atoms with van der Waals surface area (Å²) < 4.78 is 1.56. The van der Waals surface area contributed by atoms with Crippen molar-refractivity contribution in [1.82, 2.24) is 14.7 Å². The lowest BCUT2D eigenvalue weighted by molar-refractivity contribution is -0.130. The number of anilines is 1. The van der Waals surface area contributed by atoms with Gasteiger partial charge in [0.1, 0.15) is 6.54 Å².